The van der Waals surface area contributed by atoms with Crippen molar-refractivity contribution in [2.24, 2.45) is 41.4 Å². The van der Waals surface area contributed by atoms with Crippen LogP contribution in [-0.4, -0.2) is 238 Å². The van der Waals surface area contributed by atoms with Crippen molar-refractivity contribution in [2.75, 3.05) is 55.9 Å². The van der Waals surface area contributed by atoms with Crippen LogP contribution >= 0.6 is 0 Å². The molecule has 6 N–H and O–H groups in total. The fraction of sp³-hybridized carbons (Fsp3) is 0.714. The van der Waals surface area contributed by atoms with E-state index in [0.717, 1.165) is 9.80 Å². The number of amides is 11. The summed E-state index contributed by atoms with van der Waals surface area (Å²) in [6, 6.07) is -6.36. The van der Waals surface area contributed by atoms with Gasteiger partial charge in [-0.05, 0) is 125 Å². The Bertz CT molecular complexity index is 2810. The van der Waals surface area contributed by atoms with Crippen molar-refractivity contribution in [1.29, 1.82) is 0 Å². The van der Waals surface area contributed by atoms with Crippen LogP contribution in [0.1, 0.15) is 163 Å². The zero-order valence-electron chi connectivity index (χ0n) is 62.1. The van der Waals surface area contributed by atoms with E-state index in [9.17, 15) is 53.1 Å². The summed E-state index contributed by atoms with van der Waals surface area (Å²) in [5, 5.41) is 31.9. The Balaban J connectivity index is 0.00000377. The molecule has 0 saturated carbocycles. The van der Waals surface area contributed by atoms with E-state index in [1.807, 2.05) is 61.5 Å². The van der Waals surface area contributed by atoms with Gasteiger partial charge in [0.05, 0.1) is 12.6 Å². The lowest BCUT2D eigenvalue weighted by Crippen LogP contribution is -2.63. The second kappa shape index (κ2) is 40.2. The van der Waals surface area contributed by atoms with Crippen LogP contribution in [0.25, 0.3) is 0 Å². The first-order valence-corrected chi connectivity index (χ1v) is 33.7. The molecule has 2 rings (SSSR count). The SMILES string of the molecule is CC(=O)Oc1ccc(O)cc1.CC=CCC(C)C(O)C1C(=O)NC(CC)C(=O)N(C)CC(=O)N(C)C(CC(C)C)C(=O)NC(C(C)C)C(=O)N(C)C(CC(C)C)C(=O)NC(C)C(=O)NC(C)C(=O)N(C)C(CC(C)C)C(=O)N(C)C(CC(C)C)C(=O)N(C)C(C(C)C)C(=O)N1C. The van der Waals surface area contributed by atoms with Gasteiger partial charge in [-0.3, -0.25) is 57.5 Å². The van der Waals surface area contributed by atoms with Crippen LogP contribution in [0.15, 0.2) is 36.4 Å². The number of rotatable bonds is 16. The van der Waals surface area contributed by atoms with E-state index in [0.29, 0.717) is 12.2 Å². The van der Waals surface area contributed by atoms with E-state index in [2.05, 4.69) is 21.3 Å². The molecule has 26 nitrogen and oxygen atoms in total. The molecule has 11 amide bonds. The molecule has 1 aromatic carbocycles. The number of phenolic OH excluding ortho intramolecular Hbond substituents is 1. The summed E-state index contributed by atoms with van der Waals surface area (Å²) in [6.07, 6.45) is 3.04. The molecule has 1 aliphatic heterocycles. The number of hydrogen-bond acceptors (Lipinski definition) is 15. The third-order valence-corrected chi connectivity index (χ3v) is 17.2. The van der Waals surface area contributed by atoms with Gasteiger partial charge >= 0.3 is 5.97 Å². The zero-order valence-corrected chi connectivity index (χ0v) is 62.1. The van der Waals surface area contributed by atoms with E-state index in [-0.39, 0.29) is 67.5 Å². The van der Waals surface area contributed by atoms with Crippen LogP contribution in [0.3, 0.4) is 0 Å². The first-order chi connectivity index (χ1) is 44.4. The first-order valence-electron chi connectivity index (χ1n) is 33.7. The molecule has 1 aromatic rings. The van der Waals surface area contributed by atoms with Gasteiger partial charge in [0, 0.05) is 56.3 Å². The maximum absolute atomic E-state index is 15.1. The lowest BCUT2D eigenvalue weighted by molar-refractivity contribution is -0.157. The van der Waals surface area contributed by atoms with Crippen LogP contribution in [0.4, 0.5) is 0 Å². The normalized spacial score (nSPS) is 24.9. The van der Waals surface area contributed by atoms with Crippen LogP contribution < -0.4 is 26.0 Å². The highest BCUT2D eigenvalue weighted by Crippen LogP contribution is 2.26. The van der Waals surface area contributed by atoms with Gasteiger partial charge in [0.1, 0.15) is 71.9 Å². The zero-order chi connectivity index (χ0) is 74.2. The number of aliphatic hydroxyl groups excluding tert-OH is 1. The molecule has 1 saturated heterocycles. The molecule has 0 bridgehead atoms. The first kappa shape index (κ1) is 86.4. The number of allylic oxidation sites excluding steroid dienone is 2. The van der Waals surface area contributed by atoms with Crippen molar-refractivity contribution in [1.82, 2.24) is 55.6 Å². The maximum atomic E-state index is 15.1. The predicted molar refractivity (Wildman–Crippen MR) is 368 cm³/mol. The third kappa shape index (κ3) is 25.7. The fourth-order valence-corrected chi connectivity index (χ4v) is 11.4. The van der Waals surface area contributed by atoms with Gasteiger partial charge < -0.3 is 70.5 Å². The van der Waals surface area contributed by atoms with Crippen LogP contribution in [0.2, 0.25) is 0 Å². The van der Waals surface area contributed by atoms with E-state index < -0.39 is 156 Å². The second-order valence-electron chi connectivity index (χ2n) is 28.2. The summed E-state index contributed by atoms with van der Waals surface area (Å²) >= 11 is 0. The lowest BCUT2D eigenvalue weighted by Gasteiger charge is -2.41. The van der Waals surface area contributed by atoms with Crippen LogP contribution in [-0.2, 0) is 57.5 Å². The molecular formula is C70H119N11O15. The Morgan fingerprint density at radius 3 is 1.40 bits per heavy atom. The molecule has 1 heterocycles. The van der Waals surface area contributed by atoms with Gasteiger partial charge in [-0.15, -0.1) is 0 Å². The smallest absolute Gasteiger partial charge is 0.308 e. The fourth-order valence-electron chi connectivity index (χ4n) is 11.4. The Hall–Kier alpha value is -7.64. The summed E-state index contributed by atoms with van der Waals surface area (Å²) in [5.74, 6) is -9.48. The summed E-state index contributed by atoms with van der Waals surface area (Å²) in [4.78, 5) is 179. The molecule has 1 aliphatic rings. The number of aliphatic hydroxyl groups is 1. The Labute approximate surface area is 571 Å². The standard InChI is InChI=1S/C62H111N11O12.C8H8O3/c1-25-27-28-40(15)52(75)51-56(79)65-43(26-2)58(81)67(18)33-48(74)68(19)44(29-34(3)4)55(78)66-49(38(11)12)61(84)69(20)45(30-35(5)6)54(77)63-41(16)53(76)64-42(17)57(80)70(21)46(31-36(7)8)59(82)71(22)47(32-37(9)10)60(83)72(23)50(39(13)14)62(85)73(51)24;1-6(9)11-8-4-2-7(10)3-5-8/h25,27,34-47,49-52,75H,26,28-33H2,1-24H3,(H,63,77)(H,64,76)(H,65,79)(H,66,78);2-5,10H,1H3. The van der Waals surface area contributed by atoms with Gasteiger partial charge in [-0.2, -0.15) is 0 Å². The summed E-state index contributed by atoms with van der Waals surface area (Å²) in [6.45, 7) is 30.7. The summed E-state index contributed by atoms with van der Waals surface area (Å²) < 4.78 is 4.72. The van der Waals surface area contributed by atoms with Gasteiger partial charge in [0.2, 0.25) is 65.0 Å². The average molecular weight is 1350 g/mol. The van der Waals surface area contributed by atoms with E-state index in [1.165, 1.54) is 119 Å². The maximum Gasteiger partial charge on any atom is 0.308 e. The Morgan fingerprint density at radius 2 is 0.948 bits per heavy atom. The number of likely N-dealkylation sites (N-methyl/N-ethyl adjacent to an activating group) is 7. The van der Waals surface area contributed by atoms with Crippen molar-refractivity contribution < 1.29 is 72.5 Å². The molecule has 12 atom stereocenters. The number of esters is 1. The Morgan fingerprint density at radius 1 is 0.521 bits per heavy atom. The highest BCUT2D eigenvalue weighted by atomic mass is 16.5. The number of ether oxygens (including phenoxy) is 1. The van der Waals surface area contributed by atoms with Crippen LogP contribution in [0, 0.1) is 41.4 Å². The predicted octanol–water partition coefficient (Wildman–Crippen LogP) is 4.59. The molecule has 544 valence electrons. The number of carbonyl (C=O) groups excluding carboxylic acids is 12. The number of benzene rings is 1. The number of nitrogens with zero attached hydrogens (tertiary/aromatic N) is 7. The second-order valence-corrected chi connectivity index (χ2v) is 28.2. The highest BCUT2D eigenvalue weighted by Gasteiger charge is 2.46. The molecule has 96 heavy (non-hydrogen) atoms. The molecule has 0 aromatic heterocycles. The van der Waals surface area contributed by atoms with Crippen molar-refractivity contribution in [3.05, 3.63) is 36.4 Å². The monoisotopic (exact) mass is 1350 g/mol. The number of hydrogen-bond donors (Lipinski definition) is 6. The molecule has 0 spiro atoms. The van der Waals surface area contributed by atoms with E-state index in [1.54, 1.807) is 54.5 Å². The molecule has 26 heteroatoms. The van der Waals surface area contributed by atoms with Crippen LogP contribution in [0.5, 0.6) is 11.5 Å². The van der Waals surface area contributed by atoms with Crippen molar-refractivity contribution in [3.8, 4) is 11.5 Å². The van der Waals surface area contributed by atoms with Crippen molar-refractivity contribution in [3.63, 3.8) is 0 Å². The van der Waals surface area contributed by atoms with Crippen molar-refractivity contribution >= 4 is 70.9 Å². The van der Waals surface area contributed by atoms with Gasteiger partial charge in [0.15, 0.2) is 0 Å². The topological polar surface area (TPSA) is 325 Å². The molecular weight excluding hydrogens is 1230 g/mol. The molecule has 0 radical (unpaired) electrons. The highest BCUT2D eigenvalue weighted by molar-refractivity contribution is 5.99. The summed E-state index contributed by atoms with van der Waals surface area (Å²) in [7, 11) is 9.92. The van der Waals surface area contributed by atoms with E-state index >= 15 is 9.59 Å². The number of carbonyl (C=O) groups is 12. The van der Waals surface area contributed by atoms with Gasteiger partial charge in [-0.25, -0.2) is 0 Å². The quantitative estimate of drug-likeness (QED) is 0.0749. The molecule has 12 unspecified atom stereocenters. The van der Waals surface area contributed by atoms with Gasteiger partial charge in [-0.1, -0.05) is 109 Å². The third-order valence-electron chi connectivity index (χ3n) is 17.2. The number of phenols is 1. The van der Waals surface area contributed by atoms with E-state index in [4.69, 9.17) is 9.84 Å². The number of aromatic hydroxyl groups is 1. The minimum atomic E-state index is -1.61. The van der Waals surface area contributed by atoms with Gasteiger partial charge in [0.25, 0.3) is 0 Å². The Kier molecular flexibility index (Phi) is 36.1. The lowest BCUT2D eigenvalue weighted by atomic mass is 9.91. The molecule has 0 aliphatic carbocycles. The largest absolute Gasteiger partial charge is 0.508 e. The minimum Gasteiger partial charge on any atom is -0.508 e. The van der Waals surface area contributed by atoms with Crippen molar-refractivity contribution in [2.45, 2.75) is 230 Å². The number of nitrogens with one attached hydrogen (secondary N) is 4. The molecule has 1 fully saturated rings. The summed E-state index contributed by atoms with van der Waals surface area (Å²) in [5.41, 5.74) is 0. The minimum absolute atomic E-state index is 0.0229. The average Bonchev–Trinajstić information content (AvgIpc) is 0.830.